The van der Waals surface area contributed by atoms with Gasteiger partial charge in [-0.05, 0) is 46.2 Å². The number of rotatable bonds is 7. The molecular weight excluding hydrogens is 433 g/mol. The van der Waals surface area contributed by atoms with Crippen LogP contribution in [0.2, 0.25) is 0 Å². The first kappa shape index (κ1) is 23.4. The lowest BCUT2D eigenvalue weighted by molar-refractivity contribution is -0.121. The molecule has 0 aliphatic rings. The molecule has 0 aliphatic heterocycles. The second kappa shape index (κ2) is 11.9. The van der Waals surface area contributed by atoms with Gasteiger partial charge in [-0.1, -0.05) is 0 Å². The lowest BCUT2D eigenvalue weighted by Gasteiger charge is -2.21. The number of hydrogen-bond acceptors (Lipinski definition) is 4. The minimum atomic E-state index is -0.249. The fourth-order valence-corrected chi connectivity index (χ4v) is 1.91. The van der Waals surface area contributed by atoms with Gasteiger partial charge in [0, 0.05) is 24.3 Å². The quantitative estimate of drug-likeness (QED) is 0.328. The molecule has 0 radical (unpaired) electrons. The largest absolute Gasteiger partial charge is 0.478 e. The SMILES string of the molecule is CCNC(=NCc1ccnc(OCC)c1)NCC(=O)NC(C)(C)C.I. The highest BCUT2D eigenvalue weighted by Crippen LogP contribution is 2.10. The van der Waals surface area contributed by atoms with Crippen LogP contribution in [0.5, 0.6) is 5.88 Å². The monoisotopic (exact) mass is 463 g/mol. The Bertz CT molecular complexity index is 558. The van der Waals surface area contributed by atoms with Crippen molar-refractivity contribution < 1.29 is 9.53 Å². The molecule has 3 N–H and O–H groups in total. The van der Waals surface area contributed by atoms with Crippen LogP contribution >= 0.6 is 24.0 Å². The van der Waals surface area contributed by atoms with Crippen molar-refractivity contribution in [2.24, 2.45) is 4.99 Å². The Kier molecular flexibility index (Phi) is 11.1. The normalized spacial score (nSPS) is 11.3. The van der Waals surface area contributed by atoms with Crippen molar-refractivity contribution in [3.63, 3.8) is 0 Å². The number of nitrogens with one attached hydrogen (secondary N) is 3. The van der Waals surface area contributed by atoms with Crippen molar-refractivity contribution in [1.29, 1.82) is 0 Å². The molecular formula is C17H30IN5O2. The second-order valence-corrected chi connectivity index (χ2v) is 6.28. The molecule has 0 aliphatic carbocycles. The second-order valence-electron chi connectivity index (χ2n) is 6.28. The van der Waals surface area contributed by atoms with Gasteiger partial charge in [-0.2, -0.15) is 0 Å². The zero-order valence-corrected chi connectivity index (χ0v) is 18.0. The van der Waals surface area contributed by atoms with Crippen molar-refractivity contribution >= 4 is 35.8 Å². The van der Waals surface area contributed by atoms with Crippen LogP contribution in [0.4, 0.5) is 0 Å². The van der Waals surface area contributed by atoms with E-state index < -0.39 is 0 Å². The summed E-state index contributed by atoms with van der Waals surface area (Å²) in [6.45, 7) is 11.7. The Balaban J connectivity index is 0.00000576. The van der Waals surface area contributed by atoms with Gasteiger partial charge in [-0.15, -0.1) is 24.0 Å². The highest BCUT2D eigenvalue weighted by Gasteiger charge is 2.13. The predicted octanol–water partition coefficient (Wildman–Crippen LogP) is 2.07. The van der Waals surface area contributed by atoms with E-state index in [1.165, 1.54) is 0 Å². The number of aliphatic imine (C=N–C) groups is 1. The van der Waals surface area contributed by atoms with E-state index in [4.69, 9.17) is 4.74 Å². The van der Waals surface area contributed by atoms with Crippen LogP contribution in [0.3, 0.4) is 0 Å². The number of pyridine rings is 1. The molecule has 0 aromatic carbocycles. The maximum Gasteiger partial charge on any atom is 0.239 e. The van der Waals surface area contributed by atoms with Crippen LogP contribution in [0, 0.1) is 0 Å². The molecule has 7 nitrogen and oxygen atoms in total. The van der Waals surface area contributed by atoms with Gasteiger partial charge in [0.25, 0.3) is 0 Å². The molecule has 0 saturated heterocycles. The first-order valence-electron chi connectivity index (χ1n) is 8.25. The van der Waals surface area contributed by atoms with Gasteiger partial charge in [0.1, 0.15) is 0 Å². The summed E-state index contributed by atoms with van der Waals surface area (Å²) in [7, 11) is 0. The molecule has 0 unspecified atom stereocenters. The number of carbonyl (C=O) groups is 1. The Hall–Kier alpha value is -1.58. The molecule has 25 heavy (non-hydrogen) atoms. The standard InChI is InChI=1S/C17H29N5O2.HI/c1-6-18-16(21-12-14(23)22-17(3,4)5)20-11-13-8-9-19-15(10-13)24-7-2;/h8-10H,6-7,11-12H2,1-5H3,(H,22,23)(H2,18,20,21);1H. The topological polar surface area (TPSA) is 87.6 Å². The number of ether oxygens (including phenoxy) is 1. The van der Waals surface area contributed by atoms with Crippen LogP contribution in [0.25, 0.3) is 0 Å². The van der Waals surface area contributed by atoms with E-state index in [2.05, 4.69) is 25.9 Å². The number of guanidine groups is 1. The number of nitrogens with zero attached hydrogens (tertiary/aromatic N) is 2. The molecule has 0 bridgehead atoms. The number of amides is 1. The van der Waals surface area contributed by atoms with Gasteiger partial charge in [0.15, 0.2) is 5.96 Å². The molecule has 0 saturated carbocycles. The number of hydrogen-bond donors (Lipinski definition) is 3. The van der Waals surface area contributed by atoms with Crippen LogP contribution in [-0.4, -0.2) is 42.1 Å². The molecule has 0 atom stereocenters. The van der Waals surface area contributed by atoms with Gasteiger partial charge >= 0.3 is 0 Å². The number of halogens is 1. The number of carbonyl (C=O) groups excluding carboxylic acids is 1. The van der Waals surface area contributed by atoms with Crippen molar-refractivity contribution in [1.82, 2.24) is 20.9 Å². The molecule has 1 amide bonds. The Morgan fingerprint density at radius 1 is 1.28 bits per heavy atom. The van der Waals surface area contributed by atoms with Crippen LogP contribution in [0.15, 0.2) is 23.3 Å². The summed E-state index contributed by atoms with van der Waals surface area (Å²) >= 11 is 0. The maximum absolute atomic E-state index is 11.9. The van der Waals surface area contributed by atoms with Crippen molar-refractivity contribution in [2.75, 3.05) is 19.7 Å². The summed E-state index contributed by atoms with van der Waals surface area (Å²) < 4.78 is 5.38. The van der Waals surface area contributed by atoms with E-state index >= 15 is 0 Å². The zero-order valence-electron chi connectivity index (χ0n) is 15.7. The number of aromatic nitrogens is 1. The third-order valence-corrected chi connectivity index (χ3v) is 2.79. The van der Waals surface area contributed by atoms with Gasteiger partial charge < -0.3 is 20.7 Å². The lowest BCUT2D eigenvalue weighted by Crippen LogP contribution is -2.48. The molecule has 1 aromatic rings. The third kappa shape index (κ3) is 10.8. The third-order valence-electron chi connectivity index (χ3n) is 2.79. The smallest absolute Gasteiger partial charge is 0.239 e. The Morgan fingerprint density at radius 2 is 2.00 bits per heavy atom. The van der Waals surface area contributed by atoms with E-state index in [0.29, 0.717) is 31.5 Å². The molecule has 1 aromatic heterocycles. The summed E-state index contributed by atoms with van der Waals surface area (Å²) in [5.74, 6) is 1.11. The predicted molar refractivity (Wildman–Crippen MR) is 112 cm³/mol. The van der Waals surface area contributed by atoms with E-state index in [1.54, 1.807) is 6.20 Å². The average molecular weight is 463 g/mol. The average Bonchev–Trinajstić information content (AvgIpc) is 2.49. The summed E-state index contributed by atoms with van der Waals surface area (Å²) in [6.07, 6.45) is 1.70. The van der Waals surface area contributed by atoms with Crippen molar-refractivity contribution in [3.8, 4) is 5.88 Å². The van der Waals surface area contributed by atoms with E-state index in [-0.39, 0.29) is 42.0 Å². The maximum atomic E-state index is 11.9. The molecule has 1 heterocycles. The van der Waals surface area contributed by atoms with Crippen LogP contribution in [0.1, 0.15) is 40.2 Å². The molecule has 142 valence electrons. The van der Waals surface area contributed by atoms with Gasteiger partial charge in [0.2, 0.25) is 11.8 Å². The fraction of sp³-hybridized carbons (Fsp3) is 0.588. The van der Waals surface area contributed by atoms with Crippen LogP contribution < -0.4 is 20.7 Å². The fourth-order valence-electron chi connectivity index (χ4n) is 1.91. The van der Waals surface area contributed by atoms with Gasteiger partial charge in [0.05, 0.1) is 19.7 Å². The highest BCUT2D eigenvalue weighted by molar-refractivity contribution is 14.0. The summed E-state index contributed by atoms with van der Waals surface area (Å²) in [5, 5.41) is 9.06. The van der Waals surface area contributed by atoms with E-state index in [0.717, 1.165) is 5.56 Å². The molecule has 1 rings (SSSR count). The summed E-state index contributed by atoms with van der Waals surface area (Å²) in [6, 6.07) is 3.75. The highest BCUT2D eigenvalue weighted by atomic mass is 127. The van der Waals surface area contributed by atoms with Gasteiger partial charge in [-0.3, -0.25) is 4.79 Å². The molecule has 0 fully saturated rings. The first-order valence-corrected chi connectivity index (χ1v) is 8.25. The molecule has 0 spiro atoms. The summed E-state index contributed by atoms with van der Waals surface area (Å²) in [4.78, 5) is 20.5. The Labute approximate surface area is 167 Å². The first-order chi connectivity index (χ1) is 11.3. The van der Waals surface area contributed by atoms with Crippen molar-refractivity contribution in [2.45, 2.75) is 46.7 Å². The lowest BCUT2D eigenvalue weighted by atomic mass is 10.1. The van der Waals surface area contributed by atoms with Gasteiger partial charge in [-0.25, -0.2) is 9.98 Å². The van der Waals surface area contributed by atoms with Crippen molar-refractivity contribution in [3.05, 3.63) is 23.9 Å². The van der Waals surface area contributed by atoms with Crippen LogP contribution in [-0.2, 0) is 11.3 Å². The molecule has 8 heteroatoms. The minimum absolute atomic E-state index is 0. The Morgan fingerprint density at radius 3 is 2.60 bits per heavy atom. The minimum Gasteiger partial charge on any atom is -0.478 e. The zero-order chi connectivity index (χ0) is 18.0. The summed E-state index contributed by atoms with van der Waals surface area (Å²) in [5.41, 5.74) is 0.742. The van der Waals surface area contributed by atoms with E-state index in [9.17, 15) is 4.79 Å². The van der Waals surface area contributed by atoms with E-state index in [1.807, 2.05) is 46.8 Å².